The summed E-state index contributed by atoms with van der Waals surface area (Å²) in [5.41, 5.74) is 5.80. The van der Waals surface area contributed by atoms with E-state index >= 15 is 0 Å². The van der Waals surface area contributed by atoms with Gasteiger partial charge in [0.1, 0.15) is 11.6 Å². The second-order valence-corrected chi connectivity index (χ2v) is 8.48. The molecule has 0 atom stereocenters. The van der Waals surface area contributed by atoms with Gasteiger partial charge in [-0.2, -0.15) is 5.10 Å². The molecule has 0 saturated heterocycles. The van der Waals surface area contributed by atoms with Crippen molar-refractivity contribution in [2.24, 2.45) is 0 Å². The van der Waals surface area contributed by atoms with Crippen LogP contribution in [0.1, 0.15) is 39.8 Å². The zero-order chi connectivity index (χ0) is 25.5. The Kier molecular flexibility index (Phi) is 8.00. The van der Waals surface area contributed by atoms with Gasteiger partial charge in [-0.25, -0.2) is 9.18 Å². The first kappa shape index (κ1) is 25.0. The Labute approximate surface area is 210 Å². The quantitative estimate of drug-likeness (QED) is 0.274. The Morgan fingerprint density at radius 3 is 2.08 bits per heavy atom. The van der Waals surface area contributed by atoms with E-state index in [4.69, 9.17) is 9.47 Å². The third-order valence-corrected chi connectivity index (χ3v) is 5.93. The Bertz CT molecular complexity index is 1300. The van der Waals surface area contributed by atoms with E-state index in [1.807, 2.05) is 67.6 Å². The van der Waals surface area contributed by atoms with Crippen molar-refractivity contribution < 1.29 is 18.7 Å². The maximum absolute atomic E-state index is 13.1. The summed E-state index contributed by atoms with van der Waals surface area (Å²) in [5.74, 6) is 0.119. The van der Waals surface area contributed by atoms with Crippen molar-refractivity contribution >= 4 is 17.3 Å². The number of aryl methyl sites for hydroxylation is 3. The highest BCUT2D eigenvalue weighted by Crippen LogP contribution is 2.27. The van der Waals surface area contributed by atoms with Gasteiger partial charge in [0.15, 0.2) is 5.69 Å². The Hall–Kier alpha value is -4.13. The monoisotopic (exact) mass is 487 g/mol. The molecule has 4 rings (SSSR count). The maximum atomic E-state index is 13.1. The van der Waals surface area contributed by atoms with Gasteiger partial charge in [-0.05, 0) is 79.8 Å². The summed E-state index contributed by atoms with van der Waals surface area (Å²) in [6.07, 6.45) is 1.68. The van der Waals surface area contributed by atoms with Gasteiger partial charge in [0.2, 0.25) is 0 Å². The number of rotatable bonds is 10. The summed E-state index contributed by atoms with van der Waals surface area (Å²) in [5, 5.41) is 8.00. The van der Waals surface area contributed by atoms with Crippen LogP contribution in [0.15, 0.2) is 72.8 Å². The molecule has 1 N–H and O–H groups in total. The molecule has 6 nitrogen and oxygen atoms in total. The van der Waals surface area contributed by atoms with Crippen molar-refractivity contribution in [2.45, 2.75) is 33.2 Å². The molecule has 1 heterocycles. The second-order valence-electron chi connectivity index (χ2n) is 8.48. The molecule has 0 aliphatic rings. The Morgan fingerprint density at radius 1 is 0.917 bits per heavy atom. The summed E-state index contributed by atoms with van der Waals surface area (Å²) in [6.45, 7) is 4.34. The highest BCUT2D eigenvalue weighted by Gasteiger charge is 2.23. The number of methoxy groups -OCH3 is 1. The summed E-state index contributed by atoms with van der Waals surface area (Å²) in [7, 11) is 1.63. The Balaban J connectivity index is 1.52. The van der Waals surface area contributed by atoms with Crippen LogP contribution in [0.3, 0.4) is 0 Å². The van der Waals surface area contributed by atoms with Crippen LogP contribution in [0.5, 0.6) is 5.75 Å². The summed E-state index contributed by atoms with van der Waals surface area (Å²) in [4.78, 5) is 12.9. The number of anilines is 2. The highest BCUT2D eigenvalue weighted by atomic mass is 19.1. The van der Waals surface area contributed by atoms with Gasteiger partial charge in [0, 0.05) is 5.69 Å². The van der Waals surface area contributed by atoms with Crippen molar-refractivity contribution in [1.82, 2.24) is 9.78 Å². The van der Waals surface area contributed by atoms with Crippen LogP contribution in [-0.4, -0.2) is 29.5 Å². The fourth-order valence-electron chi connectivity index (χ4n) is 4.00. The van der Waals surface area contributed by atoms with Gasteiger partial charge in [-0.15, -0.1) is 0 Å². The molecule has 36 heavy (non-hydrogen) atoms. The SMILES string of the molecule is CCOC(=O)c1c(Nc2ccc(CCc3ccc(F)cc3)cc2)c(C)nn1Cc1ccc(OC)cc1. The maximum Gasteiger partial charge on any atom is 0.358 e. The minimum Gasteiger partial charge on any atom is -0.497 e. The van der Waals surface area contributed by atoms with Crippen LogP contribution in [0.2, 0.25) is 0 Å². The molecule has 3 aromatic carbocycles. The molecular formula is C29H30FN3O3. The number of ether oxygens (including phenoxy) is 2. The topological polar surface area (TPSA) is 65.4 Å². The summed E-state index contributed by atoms with van der Waals surface area (Å²) < 4.78 is 25.4. The van der Waals surface area contributed by atoms with E-state index in [0.717, 1.165) is 35.4 Å². The van der Waals surface area contributed by atoms with Crippen LogP contribution in [0.4, 0.5) is 15.8 Å². The third-order valence-electron chi connectivity index (χ3n) is 5.93. The number of nitrogens with zero attached hydrogens (tertiary/aromatic N) is 2. The smallest absolute Gasteiger partial charge is 0.358 e. The molecule has 186 valence electrons. The molecule has 7 heteroatoms. The zero-order valence-corrected chi connectivity index (χ0v) is 20.8. The first-order valence-corrected chi connectivity index (χ1v) is 11.9. The molecule has 1 aromatic heterocycles. The average molecular weight is 488 g/mol. The lowest BCUT2D eigenvalue weighted by atomic mass is 10.0. The lowest BCUT2D eigenvalue weighted by molar-refractivity contribution is 0.0514. The van der Waals surface area contributed by atoms with E-state index in [9.17, 15) is 9.18 Å². The number of hydrogen-bond donors (Lipinski definition) is 1. The largest absolute Gasteiger partial charge is 0.497 e. The van der Waals surface area contributed by atoms with Crippen LogP contribution >= 0.6 is 0 Å². The van der Waals surface area contributed by atoms with E-state index in [1.54, 1.807) is 18.7 Å². The first-order chi connectivity index (χ1) is 17.5. The molecule has 0 spiro atoms. The van der Waals surface area contributed by atoms with Gasteiger partial charge < -0.3 is 14.8 Å². The van der Waals surface area contributed by atoms with Gasteiger partial charge in [0.05, 0.1) is 31.6 Å². The summed E-state index contributed by atoms with van der Waals surface area (Å²) >= 11 is 0. The van der Waals surface area contributed by atoms with Crippen LogP contribution < -0.4 is 10.1 Å². The van der Waals surface area contributed by atoms with Crippen molar-refractivity contribution in [1.29, 1.82) is 0 Å². The van der Waals surface area contributed by atoms with E-state index in [-0.39, 0.29) is 12.4 Å². The molecule has 0 aliphatic heterocycles. The molecule has 4 aromatic rings. The predicted octanol–water partition coefficient (Wildman–Crippen LogP) is 6.09. The normalized spacial score (nSPS) is 10.8. The van der Waals surface area contributed by atoms with Crippen molar-refractivity contribution in [3.05, 3.63) is 107 Å². The molecule has 0 radical (unpaired) electrons. The number of benzene rings is 3. The van der Waals surface area contributed by atoms with Crippen LogP contribution in [-0.2, 0) is 24.1 Å². The lowest BCUT2D eigenvalue weighted by Gasteiger charge is -2.12. The van der Waals surface area contributed by atoms with E-state index < -0.39 is 5.97 Å². The summed E-state index contributed by atoms with van der Waals surface area (Å²) in [6, 6.07) is 22.3. The lowest BCUT2D eigenvalue weighted by Crippen LogP contribution is -2.15. The standard InChI is InChI=1S/C29H30FN3O3/c1-4-36-29(34)28-27(20(2)32-33(28)19-23-11-17-26(35-3)18-12-23)31-25-15-9-22(10-16-25)6-5-21-7-13-24(30)14-8-21/h7-18,31H,4-6,19H2,1-3H3. The number of carbonyl (C=O) groups is 1. The second kappa shape index (κ2) is 11.5. The van der Waals surface area contributed by atoms with E-state index in [2.05, 4.69) is 10.4 Å². The van der Waals surface area contributed by atoms with Crippen LogP contribution in [0, 0.1) is 12.7 Å². The third kappa shape index (κ3) is 6.10. The minimum atomic E-state index is -0.426. The van der Waals surface area contributed by atoms with Crippen molar-refractivity contribution in [2.75, 3.05) is 19.0 Å². The van der Waals surface area contributed by atoms with Crippen LogP contribution in [0.25, 0.3) is 0 Å². The fourth-order valence-corrected chi connectivity index (χ4v) is 4.00. The first-order valence-electron chi connectivity index (χ1n) is 11.9. The van der Waals surface area contributed by atoms with Gasteiger partial charge in [-0.3, -0.25) is 4.68 Å². The van der Waals surface area contributed by atoms with Gasteiger partial charge in [-0.1, -0.05) is 36.4 Å². The zero-order valence-electron chi connectivity index (χ0n) is 20.8. The Morgan fingerprint density at radius 2 is 1.50 bits per heavy atom. The fraction of sp³-hybridized carbons (Fsp3) is 0.241. The number of halogens is 1. The van der Waals surface area contributed by atoms with Gasteiger partial charge in [0.25, 0.3) is 0 Å². The number of hydrogen-bond acceptors (Lipinski definition) is 5. The molecule has 0 amide bonds. The van der Waals surface area contributed by atoms with E-state index in [0.29, 0.717) is 23.6 Å². The molecular weight excluding hydrogens is 457 g/mol. The molecule has 0 bridgehead atoms. The van der Waals surface area contributed by atoms with E-state index in [1.165, 1.54) is 17.7 Å². The average Bonchev–Trinajstić information content (AvgIpc) is 3.19. The molecule has 0 aliphatic carbocycles. The number of esters is 1. The molecule has 0 fully saturated rings. The number of nitrogens with one attached hydrogen (secondary N) is 1. The minimum absolute atomic E-state index is 0.223. The van der Waals surface area contributed by atoms with Gasteiger partial charge >= 0.3 is 5.97 Å². The molecule has 0 saturated carbocycles. The number of carbonyl (C=O) groups excluding carboxylic acids is 1. The number of aromatic nitrogens is 2. The highest BCUT2D eigenvalue weighted by molar-refractivity contribution is 5.95. The predicted molar refractivity (Wildman–Crippen MR) is 139 cm³/mol. The molecule has 0 unspecified atom stereocenters. The van der Waals surface area contributed by atoms with Crippen molar-refractivity contribution in [3.63, 3.8) is 0 Å². The van der Waals surface area contributed by atoms with Crippen molar-refractivity contribution in [3.8, 4) is 5.75 Å².